The van der Waals surface area contributed by atoms with Gasteiger partial charge in [0.2, 0.25) is 12.7 Å². The van der Waals surface area contributed by atoms with E-state index >= 15 is 0 Å². The molecule has 1 aromatic rings. The summed E-state index contributed by atoms with van der Waals surface area (Å²) in [5.41, 5.74) is 0.539. The van der Waals surface area contributed by atoms with Crippen molar-refractivity contribution in [1.29, 1.82) is 0 Å². The molecule has 1 aromatic carbocycles. The minimum atomic E-state index is -0.469. The second kappa shape index (κ2) is 4.81. The number of nitrogens with zero attached hydrogens (tertiary/aromatic N) is 1. The van der Waals surface area contributed by atoms with Crippen LogP contribution in [0.5, 0.6) is 11.5 Å². The Bertz CT molecular complexity index is 565. The van der Waals surface area contributed by atoms with Crippen molar-refractivity contribution in [2.24, 2.45) is 5.92 Å². The van der Waals surface area contributed by atoms with Crippen LogP contribution in [0.2, 0.25) is 0 Å². The van der Waals surface area contributed by atoms with Crippen LogP contribution in [-0.2, 0) is 4.79 Å². The summed E-state index contributed by atoms with van der Waals surface area (Å²) < 4.78 is 10.5. The SMILES string of the molecule is C[C@H](C(=O)c1ccc2c(c1)OCO2)N(C)C(=O)C1CC1. The molecule has 1 amide bonds. The molecule has 3 rings (SSSR count). The number of rotatable bonds is 4. The number of hydrogen-bond acceptors (Lipinski definition) is 4. The van der Waals surface area contributed by atoms with Crippen molar-refractivity contribution in [3.05, 3.63) is 23.8 Å². The van der Waals surface area contributed by atoms with Crippen molar-refractivity contribution in [2.75, 3.05) is 13.8 Å². The highest BCUT2D eigenvalue weighted by Crippen LogP contribution is 2.34. The number of likely N-dealkylation sites (N-methyl/N-ethyl adjacent to an activating group) is 1. The van der Waals surface area contributed by atoms with Crippen LogP contribution in [0.4, 0.5) is 0 Å². The quantitative estimate of drug-likeness (QED) is 0.787. The van der Waals surface area contributed by atoms with Gasteiger partial charge in [0.1, 0.15) is 0 Å². The molecule has 5 nitrogen and oxygen atoms in total. The van der Waals surface area contributed by atoms with E-state index in [0.29, 0.717) is 17.1 Å². The first-order valence-corrected chi connectivity index (χ1v) is 6.78. The summed E-state index contributed by atoms with van der Waals surface area (Å²) >= 11 is 0. The molecular weight excluding hydrogens is 258 g/mol. The van der Waals surface area contributed by atoms with E-state index in [1.807, 2.05) is 0 Å². The molecule has 1 aliphatic carbocycles. The number of hydrogen-bond donors (Lipinski definition) is 0. The highest BCUT2D eigenvalue weighted by Gasteiger charge is 2.35. The Morgan fingerprint density at radius 1 is 1.25 bits per heavy atom. The van der Waals surface area contributed by atoms with E-state index in [4.69, 9.17) is 9.47 Å². The Morgan fingerprint density at radius 2 is 1.95 bits per heavy atom. The molecule has 1 atom stereocenters. The lowest BCUT2D eigenvalue weighted by Crippen LogP contribution is -2.41. The van der Waals surface area contributed by atoms with Gasteiger partial charge in [0, 0.05) is 18.5 Å². The summed E-state index contributed by atoms with van der Waals surface area (Å²) in [4.78, 5) is 26.0. The monoisotopic (exact) mass is 275 g/mol. The van der Waals surface area contributed by atoms with Crippen molar-refractivity contribution in [3.63, 3.8) is 0 Å². The van der Waals surface area contributed by atoms with Gasteiger partial charge in [-0.3, -0.25) is 9.59 Å². The lowest BCUT2D eigenvalue weighted by molar-refractivity contribution is -0.132. The van der Waals surface area contributed by atoms with E-state index in [0.717, 1.165) is 12.8 Å². The first-order chi connectivity index (χ1) is 9.58. The Morgan fingerprint density at radius 3 is 2.65 bits per heavy atom. The van der Waals surface area contributed by atoms with Gasteiger partial charge in [-0.2, -0.15) is 0 Å². The largest absolute Gasteiger partial charge is 0.454 e. The molecule has 1 saturated carbocycles. The molecule has 106 valence electrons. The van der Waals surface area contributed by atoms with Gasteiger partial charge in [0.25, 0.3) is 0 Å². The zero-order valence-corrected chi connectivity index (χ0v) is 11.6. The molecule has 0 saturated heterocycles. The molecule has 1 fully saturated rings. The van der Waals surface area contributed by atoms with E-state index in [-0.39, 0.29) is 24.4 Å². The molecule has 0 N–H and O–H groups in total. The third-order valence-corrected chi connectivity index (χ3v) is 3.89. The van der Waals surface area contributed by atoms with Crippen molar-refractivity contribution >= 4 is 11.7 Å². The highest BCUT2D eigenvalue weighted by molar-refractivity contribution is 6.02. The van der Waals surface area contributed by atoms with E-state index in [9.17, 15) is 9.59 Å². The fraction of sp³-hybridized carbons (Fsp3) is 0.467. The molecule has 0 bridgehead atoms. The smallest absolute Gasteiger partial charge is 0.231 e. The summed E-state index contributed by atoms with van der Waals surface area (Å²) in [6.07, 6.45) is 1.88. The molecule has 0 aromatic heterocycles. The minimum absolute atomic E-state index is 0.0617. The molecule has 2 aliphatic rings. The van der Waals surface area contributed by atoms with Crippen molar-refractivity contribution in [3.8, 4) is 11.5 Å². The molecule has 20 heavy (non-hydrogen) atoms. The number of ketones is 1. The van der Waals surface area contributed by atoms with Crippen LogP contribution < -0.4 is 9.47 Å². The average Bonchev–Trinajstić information content (AvgIpc) is 3.21. The van der Waals surface area contributed by atoms with Crippen molar-refractivity contribution < 1.29 is 19.1 Å². The summed E-state index contributed by atoms with van der Waals surface area (Å²) in [7, 11) is 1.69. The van der Waals surface area contributed by atoms with Gasteiger partial charge in [-0.05, 0) is 38.0 Å². The Balaban J connectivity index is 1.75. The molecule has 0 unspecified atom stereocenters. The van der Waals surface area contributed by atoms with Gasteiger partial charge < -0.3 is 14.4 Å². The van der Waals surface area contributed by atoms with Gasteiger partial charge in [0.05, 0.1) is 6.04 Å². The Hall–Kier alpha value is -2.04. The summed E-state index contributed by atoms with van der Waals surface area (Å²) in [5, 5.41) is 0. The average molecular weight is 275 g/mol. The number of carbonyl (C=O) groups is 2. The number of amides is 1. The van der Waals surface area contributed by atoms with Crippen LogP contribution in [-0.4, -0.2) is 36.5 Å². The van der Waals surface area contributed by atoms with E-state index in [2.05, 4.69) is 0 Å². The minimum Gasteiger partial charge on any atom is -0.454 e. The first-order valence-electron chi connectivity index (χ1n) is 6.78. The summed E-state index contributed by atoms with van der Waals surface area (Å²) in [5.74, 6) is 1.33. The maximum atomic E-state index is 12.4. The molecule has 1 heterocycles. The van der Waals surface area contributed by atoms with Gasteiger partial charge in [-0.15, -0.1) is 0 Å². The Kier molecular flexibility index (Phi) is 3.12. The van der Waals surface area contributed by atoms with Crippen LogP contribution in [0.25, 0.3) is 0 Å². The van der Waals surface area contributed by atoms with Crippen LogP contribution in [0.1, 0.15) is 30.1 Å². The van der Waals surface area contributed by atoms with Crippen LogP contribution in [0.3, 0.4) is 0 Å². The zero-order valence-electron chi connectivity index (χ0n) is 11.6. The maximum Gasteiger partial charge on any atom is 0.231 e. The van der Waals surface area contributed by atoms with Gasteiger partial charge in [-0.1, -0.05) is 0 Å². The van der Waals surface area contributed by atoms with Crippen LogP contribution in [0.15, 0.2) is 18.2 Å². The fourth-order valence-electron chi connectivity index (χ4n) is 2.28. The van der Waals surface area contributed by atoms with E-state index in [1.165, 1.54) is 0 Å². The number of benzene rings is 1. The van der Waals surface area contributed by atoms with E-state index in [1.54, 1.807) is 37.1 Å². The second-order valence-corrected chi connectivity index (χ2v) is 5.33. The third kappa shape index (κ3) is 2.24. The molecule has 0 spiro atoms. The maximum absolute atomic E-state index is 12.4. The normalized spacial score (nSPS) is 17.7. The standard InChI is InChI=1S/C15H17NO4/c1-9(16(2)15(18)10-3-4-10)14(17)11-5-6-12-13(7-11)20-8-19-12/h5-7,9-10H,3-4,8H2,1-2H3/t9-/m1/s1. The zero-order chi connectivity index (χ0) is 14.3. The lowest BCUT2D eigenvalue weighted by Gasteiger charge is -2.24. The number of ether oxygens (including phenoxy) is 2. The molecule has 5 heteroatoms. The van der Waals surface area contributed by atoms with Gasteiger partial charge in [-0.25, -0.2) is 0 Å². The van der Waals surface area contributed by atoms with Gasteiger partial charge in [0.15, 0.2) is 17.3 Å². The first kappa shape index (κ1) is 13.0. The molecule has 0 radical (unpaired) electrons. The number of fused-ring (bicyclic) bond motifs is 1. The Labute approximate surface area is 117 Å². The fourth-order valence-corrected chi connectivity index (χ4v) is 2.28. The third-order valence-electron chi connectivity index (χ3n) is 3.89. The van der Waals surface area contributed by atoms with Crippen molar-refractivity contribution in [2.45, 2.75) is 25.8 Å². The topological polar surface area (TPSA) is 55.8 Å². The van der Waals surface area contributed by atoms with Crippen molar-refractivity contribution in [1.82, 2.24) is 4.90 Å². The van der Waals surface area contributed by atoms with E-state index < -0.39 is 6.04 Å². The molecular formula is C15H17NO4. The summed E-state index contributed by atoms with van der Waals surface area (Å²) in [6.45, 7) is 1.94. The number of Topliss-reactive ketones (excluding diaryl/α,β-unsaturated/α-hetero) is 1. The van der Waals surface area contributed by atoms with Crippen LogP contribution >= 0.6 is 0 Å². The predicted molar refractivity (Wildman–Crippen MR) is 71.9 cm³/mol. The van der Waals surface area contributed by atoms with Crippen LogP contribution in [0, 0.1) is 5.92 Å². The molecule has 1 aliphatic heterocycles. The predicted octanol–water partition coefficient (Wildman–Crippen LogP) is 1.85. The highest BCUT2D eigenvalue weighted by atomic mass is 16.7. The second-order valence-electron chi connectivity index (χ2n) is 5.33. The lowest BCUT2D eigenvalue weighted by atomic mass is 10.0. The number of carbonyl (C=O) groups excluding carboxylic acids is 2. The summed E-state index contributed by atoms with van der Waals surface area (Å²) in [6, 6.07) is 4.65. The van der Waals surface area contributed by atoms with Gasteiger partial charge >= 0.3 is 0 Å².